The van der Waals surface area contributed by atoms with Gasteiger partial charge in [-0.25, -0.2) is 9.18 Å². The van der Waals surface area contributed by atoms with Crippen molar-refractivity contribution in [1.29, 1.82) is 0 Å². The molecule has 5 atom stereocenters. The van der Waals surface area contributed by atoms with E-state index in [1.165, 1.54) is 31.7 Å². The third-order valence-corrected chi connectivity index (χ3v) is 7.77. The van der Waals surface area contributed by atoms with E-state index in [1.54, 1.807) is 12.1 Å². The van der Waals surface area contributed by atoms with Crippen molar-refractivity contribution in [3.63, 3.8) is 0 Å². The summed E-state index contributed by atoms with van der Waals surface area (Å²) in [6.45, 7) is 2.66. The monoisotopic (exact) mass is 450 g/mol. The van der Waals surface area contributed by atoms with Crippen LogP contribution >= 0.6 is 0 Å². The number of carbonyl (C=O) groups excluding carboxylic acids is 1. The Balaban J connectivity index is 1.55. The Morgan fingerprint density at radius 1 is 1.27 bits per heavy atom. The number of halogens is 1. The highest BCUT2D eigenvalue weighted by molar-refractivity contribution is 5.82. The number of benzene rings is 1. The van der Waals surface area contributed by atoms with Gasteiger partial charge in [0.05, 0.1) is 12.3 Å². The predicted octanol–water partition coefficient (Wildman–Crippen LogP) is 6.69. The van der Waals surface area contributed by atoms with Crippen LogP contribution in [0.3, 0.4) is 0 Å². The molecule has 5 heteroatoms. The smallest absolute Gasteiger partial charge is 0.404 e. The average molecular weight is 451 g/mol. The average Bonchev–Trinajstić information content (AvgIpc) is 3.06. The zero-order valence-electron chi connectivity index (χ0n) is 19.5. The third-order valence-electron chi connectivity index (χ3n) is 7.77. The minimum atomic E-state index is -0.679. The zero-order valence-corrected chi connectivity index (χ0v) is 19.5. The van der Waals surface area contributed by atoms with Gasteiger partial charge < -0.3 is 10.5 Å². The number of fused-ring (bicyclic) bond motifs is 1. The minimum absolute atomic E-state index is 0.224. The van der Waals surface area contributed by atoms with Crippen LogP contribution in [0.25, 0.3) is 5.57 Å². The number of hydrogen-bond donors (Lipinski definition) is 1. The molecule has 0 saturated heterocycles. The maximum atomic E-state index is 13.6. The van der Waals surface area contributed by atoms with Gasteiger partial charge in [0.15, 0.2) is 0 Å². The molecular weight excluding hydrogens is 415 g/mol. The molecular formula is C28H35FN2O2. The van der Waals surface area contributed by atoms with Gasteiger partial charge in [-0.15, -0.1) is 0 Å². The molecule has 0 spiro atoms. The number of aliphatic imine (C=N–C) groups is 1. The minimum Gasteiger partial charge on any atom is -0.449 e. The lowest BCUT2D eigenvalue weighted by Gasteiger charge is -2.48. The van der Waals surface area contributed by atoms with Crippen LogP contribution in [0.4, 0.5) is 9.18 Å². The Labute approximate surface area is 196 Å². The van der Waals surface area contributed by atoms with Gasteiger partial charge >= 0.3 is 6.09 Å². The lowest BCUT2D eigenvalue weighted by Crippen LogP contribution is -2.42. The van der Waals surface area contributed by atoms with Crippen molar-refractivity contribution in [3.8, 4) is 0 Å². The molecule has 2 N–H and O–H groups in total. The number of amides is 1. The largest absolute Gasteiger partial charge is 0.449 e. The Kier molecular flexibility index (Phi) is 7.79. The number of primary amides is 1. The Bertz CT molecular complexity index is 964. The van der Waals surface area contributed by atoms with Crippen LogP contribution in [0.5, 0.6) is 0 Å². The van der Waals surface area contributed by atoms with E-state index in [1.807, 2.05) is 24.4 Å². The van der Waals surface area contributed by atoms with Gasteiger partial charge in [0.1, 0.15) is 5.82 Å². The molecule has 4 unspecified atom stereocenters. The SMILES string of the molecule is CCC1C(COC(N)=O)CC2CCCCC2[C@@H]1/C=C/C1=CC=C(c2cccc(F)c2)CC=N1. The number of rotatable bonds is 6. The summed E-state index contributed by atoms with van der Waals surface area (Å²) in [6.07, 6.45) is 17.8. The molecule has 4 nitrogen and oxygen atoms in total. The Morgan fingerprint density at radius 2 is 2.12 bits per heavy atom. The van der Waals surface area contributed by atoms with Gasteiger partial charge in [-0.05, 0) is 77.9 Å². The molecule has 4 rings (SSSR count). The maximum absolute atomic E-state index is 13.6. The number of nitrogens with two attached hydrogens (primary N) is 1. The highest BCUT2D eigenvalue weighted by Crippen LogP contribution is 2.50. The summed E-state index contributed by atoms with van der Waals surface area (Å²) >= 11 is 0. The Morgan fingerprint density at radius 3 is 2.91 bits per heavy atom. The standard InChI is InChI=1S/C28H35FN2O2/c1-2-25-22(18-33-28(30)32)16-21-6-3-4-9-26(21)27(25)13-12-24-11-10-19(14-15-31-24)20-7-5-8-23(29)17-20/h5,7-8,10-13,15,17,21-22,25-27H,2-4,6,9,14,16,18H2,1H3,(H2,30,32)/b13-12+/t21?,22?,25?,26?,27-/m1/s1. The Hall–Kier alpha value is -2.69. The first-order valence-corrected chi connectivity index (χ1v) is 12.3. The number of ether oxygens (including phenoxy) is 1. The van der Waals surface area contributed by atoms with E-state index in [0.29, 0.717) is 42.6 Å². The van der Waals surface area contributed by atoms with Gasteiger partial charge in [0, 0.05) is 12.6 Å². The number of allylic oxidation sites excluding steroid dienone is 5. The molecule has 0 radical (unpaired) electrons. The molecule has 1 heterocycles. The third kappa shape index (κ3) is 5.82. The molecule has 176 valence electrons. The van der Waals surface area contributed by atoms with Gasteiger partial charge in [-0.2, -0.15) is 0 Å². The molecule has 0 aromatic heterocycles. The van der Waals surface area contributed by atoms with E-state index in [9.17, 15) is 9.18 Å². The first-order valence-electron chi connectivity index (χ1n) is 12.3. The van der Waals surface area contributed by atoms with Gasteiger partial charge in [-0.3, -0.25) is 4.99 Å². The number of hydrogen-bond acceptors (Lipinski definition) is 3. The van der Waals surface area contributed by atoms with E-state index < -0.39 is 6.09 Å². The second kappa shape index (κ2) is 11.0. The number of carbonyl (C=O) groups is 1. The van der Waals surface area contributed by atoms with Crippen LogP contribution in [-0.2, 0) is 4.74 Å². The van der Waals surface area contributed by atoms with Gasteiger partial charge in [0.25, 0.3) is 0 Å². The van der Waals surface area contributed by atoms with Crippen molar-refractivity contribution in [2.45, 2.75) is 51.9 Å². The lowest BCUT2D eigenvalue weighted by molar-refractivity contribution is 0.00275. The van der Waals surface area contributed by atoms with Crippen molar-refractivity contribution < 1.29 is 13.9 Å². The molecule has 2 aliphatic carbocycles. The predicted molar refractivity (Wildman–Crippen MR) is 131 cm³/mol. The van der Waals surface area contributed by atoms with Crippen LogP contribution in [-0.4, -0.2) is 18.9 Å². The van der Waals surface area contributed by atoms with Crippen molar-refractivity contribution >= 4 is 17.9 Å². The second-order valence-corrected chi connectivity index (χ2v) is 9.65. The van der Waals surface area contributed by atoms with Gasteiger partial charge in [0.2, 0.25) is 0 Å². The first kappa shape index (κ1) is 23.5. The highest BCUT2D eigenvalue weighted by atomic mass is 19.1. The van der Waals surface area contributed by atoms with E-state index in [-0.39, 0.29) is 5.82 Å². The first-order chi connectivity index (χ1) is 16.0. The maximum Gasteiger partial charge on any atom is 0.404 e. The molecule has 1 aliphatic heterocycles. The van der Waals surface area contributed by atoms with E-state index in [4.69, 9.17) is 10.5 Å². The quantitative estimate of drug-likeness (QED) is 0.525. The molecule has 1 aromatic rings. The highest BCUT2D eigenvalue weighted by Gasteiger charge is 2.43. The van der Waals surface area contributed by atoms with Crippen LogP contribution in [0, 0.1) is 35.4 Å². The van der Waals surface area contributed by atoms with E-state index in [0.717, 1.165) is 29.7 Å². The molecule has 2 fully saturated rings. The summed E-state index contributed by atoms with van der Waals surface area (Å²) in [5, 5.41) is 0. The summed E-state index contributed by atoms with van der Waals surface area (Å²) in [5.41, 5.74) is 8.14. The van der Waals surface area contributed by atoms with E-state index in [2.05, 4.69) is 24.1 Å². The molecule has 3 aliphatic rings. The normalized spacial score (nSPS) is 29.7. The van der Waals surface area contributed by atoms with Crippen LogP contribution in [0.1, 0.15) is 57.4 Å². The van der Waals surface area contributed by atoms with Crippen LogP contribution in [0.15, 0.2) is 59.3 Å². The van der Waals surface area contributed by atoms with Crippen molar-refractivity contribution in [1.82, 2.24) is 0 Å². The second-order valence-electron chi connectivity index (χ2n) is 9.65. The van der Waals surface area contributed by atoms with Crippen LogP contribution < -0.4 is 5.73 Å². The zero-order chi connectivity index (χ0) is 23.2. The summed E-state index contributed by atoms with van der Waals surface area (Å²) < 4.78 is 18.9. The molecule has 2 saturated carbocycles. The fourth-order valence-corrected chi connectivity index (χ4v) is 6.26. The van der Waals surface area contributed by atoms with Crippen molar-refractivity contribution in [2.24, 2.45) is 40.3 Å². The topological polar surface area (TPSA) is 64.7 Å². The van der Waals surface area contributed by atoms with Gasteiger partial charge in [-0.1, -0.05) is 56.9 Å². The molecule has 0 bridgehead atoms. The molecule has 1 aromatic carbocycles. The number of nitrogens with zero attached hydrogens (tertiary/aromatic N) is 1. The summed E-state index contributed by atoms with van der Waals surface area (Å²) in [4.78, 5) is 15.9. The molecule has 33 heavy (non-hydrogen) atoms. The molecule has 1 amide bonds. The van der Waals surface area contributed by atoms with Crippen molar-refractivity contribution in [2.75, 3.05) is 6.61 Å². The van der Waals surface area contributed by atoms with Crippen molar-refractivity contribution in [3.05, 3.63) is 65.6 Å². The van der Waals surface area contributed by atoms with E-state index >= 15 is 0 Å². The van der Waals surface area contributed by atoms with Crippen LogP contribution in [0.2, 0.25) is 0 Å². The summed E-state index contributed by atoms with van der Waals surface area (Å²) in [5.74, 6) is 2.40. The fourth-order valence-electron chi connectivity index (χ4n) is 6.26. The lowest BCUT2D eigenvalue weighted by atomic mass is 9.57. The summed E-state index contributed by atoms with van der Waals surface area (Å²) in [7, 11) is 0. The fraction of sp³-hybridized carbons (Fsp3) is 0.500. The summed E-state index contributed by atoms with van der Waals surface area (Å²) in [6, 6.07) is 6.71.